The summed E-state index contributed by atoms with van der Waals surface area (Å²) in [5.74, 6) is 0.764. The van der Waals surface area contributed by atoms with Crippen LogP contribution in [0.5, 0.6) is 0 Å². The van der Waals surface area contributed by atoms with Crippen LogP contribution in [0.15, 0.2) is 30.3 Å². The average Bonchev–Trinajstić information content (AvgIpc) is 3.35. The van der Waals surface area contributed by atoms with Crippen molar-refractivity contribution in [2.75, 3.05) is 19.6 Å². The summed E-state index contributed by atoms with van der Waals surface area (Å²) in [6, 6.07) is 12.1. The van der Waals surface area contributed by atoms with E-state index in [0.717, 1.165) is 19.5 Å². The molecule has 1 aromatic carbocycles. The lowest BCUT2D eigenvalue weighted by Gasteiger charge is -2.37. The Labute approximate surface area is 168 Å². The zero-order valence-electron chi connectivity index (χ0n) is 16.7. The quantitative estimate of drug-likeness (QED) is 0.743. The predicted octanol–water partition coefficient (Wildman–Crippen LogP) is 2.82. The van der Waals surface area contributed by atoms with E-state index in [1.807, 2.05) is 4.90 Å². The minimum absolute atomic E-state index is 0.0537. The third kappa shape index (κ3) is 4.09. The van der Waals surface area contributed by atoms with Gasteiger partial charge in [0.05, 0.1) is 6.54 Å². The predicted molar refractivity (Wildman–Crippen MR) is 110 cm³/mol. The van der Waals surface area contributed by atoms with Gasteiger partial charge in [0, 0.05) is 30.6 Å². The Morgan fingerprint density at radius 2 is 1.89 bits per heavy atom. The maximum Gasteiger partial charge on any atom is 0.241 e. The van der Waals surface area contributed by atoms with Gasteiger partial charge >= 0.3 is 0 Å². The molecular weight excluding hydrogens is 350 g/mol. The van der Waals surface area contributed by atoms with Gasteiger partial charge in [-0.2, -0.15) is 0 Å². The van der Waals surface area contributed by atoms with Gasteiger partial charge in [0.1, 0.15) is 0 Å². The Kier molecular flexibility index (Phi) is 6.00. The fourth-order valence-corrected chi connectivity index (χ4v) is 5.84. The van der Waals surface area contributed by atoms with Gasteiger partial charge in [-0.05, 0) is 56.4 Å². The zero-order chi connectivity index (χ0) is 19.4. The summed E-state index contributed by atoms with van der Waals surface area (Å²) in [5, 5.41) is 6.53. The SMILES string of the molecule is O=CNCC(=O)N1CCC2(CCCC2NC2CCC(c3ccccc3)CC2)C1. The second-order valence-corrected chi connectivity index (χ2v) is 9.00. The zero-order valence-corrected chi connectivity index (χ0v) is 16.7. The molecule has 0 bridgehead atoms. The molecule has 1 spiro atoms. The van der Waals surface area contributed by atoms with Gasteiger partial charge in [-0.1, -0.05) is 36.8 Å². The molecule has 5 nitrogen and oxygen atoms in total. The third-order valence-electron chi connectivity index (χ3n) is 7.42. The van der Waals surface area contributed by atoms with E-state index in [1.165, 1.54) is 50.5 Å². The molecule has 2 amide bonds. The summed E-state index contributed by atoms with van der Waals surface area (Å²) in [4.78, 5) is 24.7. The molecule has 1 saturated heterocycles. The molecule has 2 saturated carbocycles. The molecule has 2 N–H and O–H groups in total. The van der Waals surface area contributed by atoms with Crippen LogP contribution in [0.2, 0.25) is 0 Å². The molecular formula is C23H33N3O2. The van der Waals surface area contributed by atoms with Crippen molar-refractivity contribution >= 4 is 12.3 Å². The number of amides is 2. The summed E-state index contributed by atoms with van der Waals surface area (Å²) >= 11 is 0. The molecule has 28 heavy (non-hydrogen) atoms. The smallest absolute Gasteiger partial charge is 0.241 e. The topological polar surface area (TPSA) is 61.4 Å². The number of hydrogen-bond acceptors (Lipinski definition) is 3. The van der Waals surface area contributed by atoms with Crippen LogP contribution >= 0.6 is 0 Å². The van der Waals surface area contributed by atoms with E-state index >= 15 is 0 Å². The molecule has 1 aliphatic heterocycles. The summed E-state index contributed by atoms with van der Waals surface area (Å²) in [6.07, 6.45) is 10.4. The summed E-state index contributed by atoms with van der Waals surface area (Å²) in [5.41, 5.74) is 1.74. The van der Waals surface area contributed by atoms with Crippen molar-refractivity contribution in [1.29, 1.82) is 0 Å². The molecule has 152 valence electrons. The fourth-order valence-electron chi connectivity index (χ4n) is 5.84. The van der Waals surface area contributed by atoms with Crippen LogP contribution in [0.25, 0.3) is 0 Å². The fraction of sp³-hybridized carbons (Fsp3) is 0.652. The minimum atomic E-state index is 0.0537. The van der Waals surface area contributed by atoms with Crippen molar-refractivity contribution in [1.82, 2.24) is 15.5 Å². The highest BCUT2D eigenvalue weighted by Gasteiger charge is 2.48. The van der Waals surface area contributed by atoms with Gasteiger partial charge in [0.2, 0.25) is 12.3 Å². The number of carbonyl (C=O) groups is 2. The lowest BCUT2D eigenvalue weighted by atomic mass is 9.78. The van der Waals surface area contributed by atoms with E-state index in [9.17, 15) is 9.59 Å². The highest BCUT2D eigenvalue weighted by Crippen LogP contribution is 2.46. The van der Waals surface area contributed by atoms with Crippen molar-refractivity contribution in [3.63, 3.8) is 0 Å². The molecule has 2 unspecified atom stereocenters. The van der Waals surface area contributed by atoms with Crippen molar-refractivity contribution in [3.8, 4) is 0 Å². The highest BCUT2D eigenvalue weighted by molar-refractivity contribution is 5.80. The molecule has 2 aliphatic carbocycles. The Balaban J connectivity index is 1.30. The Hall–Kier alpha value is -1.88. The van der Waals surface area contributed by atoms with Crippen LogP contribution in [-0.2, 0) is 9.59 Å². The van der Waals surface area contributed by atoms with Gasteiger partial charge < -0.3 is 15.5 Å². The first-order valence-corrected chi connectivity index (χ1v) is 11.0. The molecule has 3 fully saturated rings. The average molecular weight is 384 g/mol. The van der Waals surface area contributed by atoms with Crippen LogP contribution in [0.3, 0.4) is 0 Å². The van der Waals surface area contributed by atoms with Crippen LogP contribution < -0.4 is 10.6 Å². The van der Waals surface area contributed by atoms with E-state index < -0.39 is 0 Å². The summed E-state index contributed by atoms with van der Waals surface area (Å²) < 4.78 is 0. The van der Waals surface area contributed by atoms with E-state index in [-0.39, 0.29) is 17.9 Å². The Morgan fingerprint density at radius 3 is 2.64 bits per heavy atom. The van der Waals surface area contributed by atoms with Crippen LogP contribution in [0.4, 0.5) is 0 Å². The van der Waals surface area contributed by atoms with Gasteiger partial charge in [0.25, 0.3) is 0 Å². The molecule has 1 aromatic rings. The van der Waals surface area contributed by atoms with Gasteiger partial charge in [-0.15, -0.1) is 0 Å². The maximum atomic E-state index is 12.3. The van der Waals surface area contributed by atoms with E-state index in [0.29, 0.717) is 24.4 Å². The van der Waals surface area contributed by atoms with Crippen molar-refractivity contribution in [3.05, 3.63) is 35.9 Å². The van der Waals surface area contributed by atoms with E-state index in [4.69, 9.17) is 0 Å². The second-order valence-electron chi connectivity index (χ2n) is 9.00. The van der Waals surface area contributed by atoms with Crippen LogP contribution in [-0.4, -0.2) is 48.9 Å². The van der Waals surface area contributed by atoms with E-state index in [1.54, 1.807) is 0 Å². The molecule has 5 heteroatoms. The molecule has 2 atom stereocenters. The van der Waals surface area contributed by atoms with Crippen molar-refractivity contribution < 1.29 is 9.59 Å². The number of rotatable bonds is 6. The molecule has 4 rings (SSSR count). The number of benzene rings is 1. The monoisotopic (exact) mass is 383 g/mol. The van der Waals surface area contributed by atoms with Crippen LogP contribution in [0.1, 0.15) is 62.8 Å². The van der Waals surface area contributed by atoms with Crippen molar-refractivity contribution in [2.45, 2.75) is 69.4 Å². The standard InChI is InChI=1S/C23H33N3O2/c27-17-24-15-22(28)26-14-13-23(16-26)12-4-7-21(23)25-20-10-8-19(9-11-20)18-5-2-1-3-6-18/h1-3,5-6,17,19-21,25H,4,7-16H2,(H,24,27). The molecule has 0 radical (unpaired) electrons. The van der Waals surface area contributed by atoms with Gasteiger partial charge in [-0.3, -0.25) is 9.59 Å². The summed E-state index contributed by atoms with van der Waals surface area (Å²) in [6.45, 7) is 1.81. The lowest BCUT2D eigenvalue weighted by Crippen LogP contribution is -2.49. The largest absolute Gasteiger partial charge is 0.350 e. The Bertz CT molecular complexity index is 672. The lowest BCUT2D eigenvalue weighted by molar-refractivity contribution is -0.130. The second kappa shape index (κ2) is 8.64. The number of hydrogen-bond donors (Lipinski definition) is 2. The number of likely N-dealkylation sites (tertiary alicyclic amines) is 1. The first-order chi connectivity index (χ1) is 13.7. The number of nitrogens with zero attached hydrogens (tertiary/aromatic N) is 1. The molecule has 0 aromatic heterocycles. The minimum Gasteiger partial charge on any atom is -0.350 e. The van der Waals surface area contributed by atoms with Gasteiger partial charge in [-0.25, -0.2) is 0 Å². The number of nitrogens with one attached hydrogen (secondary N) is 2. The van der Waals surface area contributed by atoms with E-state index in [2.05, 4.69) is 41.0 Å². The Morgan fingerprint density at radius 1 is 1.11 bits per heavy atom. The normalized spacial score (nSPS) is 32.6. The van der Waals surface area contributed by atoms with Gasteiger partial charge in [0.15, 0.2) is 0 Å². The highest BCUT2D eigenvalue weighted by atomic mass is 16.2. The maximum absolute atomic E-state index is 12.3. The first-order valence-electron chi connectivity index (χ1n) is 11.0. The molecule has 1 heterocycles. The first kappa shape index (κ1) is 19.4. The number of carbonyl (C=O) groups excluding carboxylic acids is 2. The van der Waals surface area contributed by atoms with Crippen LogP contribution in [0, 0.1) is 5.41 Å². The third-order valence-corrected chi connectivity index (χ3v) is 7.42. The summed E-state index contributed by atoms with van der Waals surface area (Å²) in [7, 11) is 0. The molecule has 3 aliphatic rings. The van der Waals surface area contributed by atoms with Crippen molar-refractivity contribution in [2.24, 2.45) is 5.41 Å².